The van der Waals surface area contributed by atoms with Gasteiger partial charge in [-0.25, -0.2) is 9.97 Å². The lowest BCUT2D eigenvalue weighted by Gasteiger charge is -2.06. The Bertz CT molecular complexity index is 1240. The molecule has 0 atom stereocenters. The molecule has 2 aromatic carbocycles. The van der Waals surface area contributed by atoms with Crippen LogP contribution in [0, 0.1) is 0 Å². The van der Waals surface area contributed by atoms with Crippen molar-refractivity contribution in [3.05, 3.63) is 84.8 Å². The fourth-order valence-electron chi connectivity index (χ4n) is 2.93. The van der Waals surface area contributed by atoms with Gasteiger partial charge in [-0.3, -0.25) is 14.2 Å². The zero-order chi connectivity index (χ0) is 21.6. The average Bonchev–Trinajstić information content (AvgIpc) is 3.22. The molecule has 0 unspecified atom stereocenters. The molecule has 2 amide bonds. The van der Waals surface area contributed by atoms with E-state index in [2.05, 4.69) is 15.3 Å². The lowest BCUT2D eigenvalue weighted by atomic mass is 10.2. The van der Waals surface area contributed by atoms with Gasteiger partial charge in [-0.2, -0.15) is 0 Å². The Morgan fingerprint density at radius 2 is 1.84 bits per heavy atom. The number of fused-ring (bicyclic) bond motifs is 1. The van der Waals surface area contributed by atoms with Gasteiger partial charge in [0.25, 0.3) is 5.91 Å². The number of imidazole rings is 1. The van der Waals surface area contributed by atoms with E-state index in [-0.39, 0.29) is 12.5 Å². The quantitative estimate of drug-likeness (QED) is 0.453. The predicted octanol–water partition coefficient (Wildman–Crippen LogP) is 2.94. The zero-order valence-electron chi connectivity index (χ0n) is 16.4. The van der Waals surface area contributed by atoms with Crippen LogP contribution in [0.25, 0.3) is 22.9 Å². The number of para-hydroxylation sites is 2. The fraction of sp³-hybridized carbons (Fsp3) is 0.0435. The number of rotatable bonds is 7. The Morgan fingerprint density at radius 1 is 1.03 bits per heavy atom. The highest BCUT2D eigenvalue weighted by Crippen LogP contribution is 2.18. The standard InChI is InChI=1S/C23H19N5O3/c24-21(29)14-31-18-9-5-16(6-10-18)7-12-23(30)27-17-8-11-22(25-13-17)28-15-26-19-3-1-2-4-20(19)28/h1-13,15H,14H2,(H2,24,29)(H,27,30)/b12-7+. The number of pyridine rings is 1. The van der Waals surface area contributed by atoms with E-state index in [1.165, 1.54) is 6.08 Å². The van der Waals surface area contributed by atoms with Gasteiger partial charge in [0.1, 0.15) is 17.9 Å². The van der Waals surface area contributed by atoms with Crippen LogP contribution in [0.3, 0.4) is 0 Å². The molecule has 154 valence electrons. The van der Waals surface area contributed by atoms with Gasteiger partial charge in [0.2, 0.25) is 5.91 Å². The van der Waals surface area contributed by atoms with E-state index < -0.39 is 5.91 Å². The molecular weight excluding hydrogens is 394 g/mol. The van der Waals surface area contributed by atoms with E-state index in [1.54, 1.807) is 48.9 Å². The summed E-state index contributed by atoms with van der Waals surface area (Å²) in [5, 5.41) is 2.78. The van der Waals surface area contributed by atoms with Gasteiger partial charge >= 0.3 is 0 Å². The molecule has 3 N–H and O–H groups in total. The summed E-state index contributed by atoms with van der Waals surface area (Å²) in [4.78, 5) is 31.7. The van der Waals surface area contributed by atoms with Crippen molar-refractivity contribution in [2.45, 2.75) is 0 Å². The Labute approximate surface area is 178 Å². The number of amides is 2. The van der Waals surface area contributed by atoms with Crippen LogP contribution >= 0.6 is 0 Å². The maximum absolute atomic E-state index is 12.2. The lowest BCUT2D eigenvalue weighted by molar-refractivity contribution is -0.120. The van der Waals surface area contributed by atoms with E-state index in [4.69, 9.17) is 10.5 Å². The van der Waals surface area contributed by atoms with Crippen LogP contribution in [0.1, 0.15) is 5.56 Å². The lowest BCUT2D eigenvalue weighted by Crippen LogP contribution is -2.19. The third kappa shape index (κ3) is 4.94. The molecule has 0 saturated carbocycles. The molecule has 31 heavy (non-hydrogen) atoms. The summed E-state index contributed by atoms with van der Waals surface area (Å²) in [7, 11) is 0. The summed E-state index contributed by atoms with van der Waals surface area (Å²) in [6, 6.07) is 18.3. The number of carbonyl (C=O) groups is 2. The smallest absolute Gasteiger partial charge is 0.255 e. The highest BCUT2D eigenvalue weighted by molar-refractivity contribution is 6.01. The number of hydrogen-bond donors (Lipinski definition) is 2. The summed E-state index contributed by atoms with van der Waals surface area (Å²) in [6.07, 6.45) is 6.42. The van der Waals surface area contributed by atoms with Crippen LogP contribution < -0.4 is 15.8 Å². The maximum atomic E-state index is 12.2. The first kappa shape index (κ1) is 19.8. The van der Waals surface area contributed by atoms with E-state index in [0.29, 0.717) is 17.3 Å². The molecule has 0 fully saturated rings. The average molecular weight is 413 g/mol. The summed E-state index contributed by atoms with van der Waals surface area (Å²) < 4.78 is 7.08. The number of hydrogen-bond acceptors (Lipinski definition) is 5. The molecular formula is C23H19N5O3. The van der Waals surface area contributed by atoms with Crippen LogP contribution in [-0.4, -0.2) is 33.0 Å². The summed E-state index contributed by atoms with van der Waals surface area (Å²) >= 11 is 0. The maximum Gasteiger partial charge on any atom is 0.255 e. The largest absolute Gasteiger partial charge is 0.484 e. The van der Waals surface area contributed by atoms with E-state index in [0.717, 1.165) is 16.6 Å². The number of aromatic nitrogens is 3. The first-order valence-corrected chi connectivity index (χ1v) is 9.47. The highest BCUT2D eigenvalue weighted by Gasteiger charge is 2.06. The van der Waals surface area contributed by atoms with Crippen molar-refractivity contribution < 1.29 is 14.3 Å². The molecule has 2 aromatic heterocycles. The summed E-state index contributed by atoms with van der Waals surface area (Å²) in [5.74, 6) is 0.413. The molecule has 4 aromatic rings. The molecule has 8 heteroatoms. The SMILES string of the molecule is NC(=O)COc1ccc(/C=C/C(=O)Nc2ccc(-n3cnc4ccccc43)nc2)cc1. The molecule has 0 spiro atoms. The Kier molecular flexibility index (Phi) is 5.70. The van der Waals surface area contributed by atoms with Crippen molar-refractivity contribution in [2.75, 3.05) is 11.9 Å². The number of ether oxygens (including phenoxy) is 1. The van der Waals surface area contributed by atoms with E-state index >= 15 is 0 Å². The van der Waals surface area contributed by atoms with Crippen LogP contribution in [-0.2, 0) is 9.59 Å². The van der Waals surface area contributed by atoms with Crippen molar-refractivity contribution in [1.82, 2.24) is 14.5 Å². The van der Waals surface area contributed by atoms with E-state index in [1.807, 2.05) is 34.9 Å². The van der Waals surface area contributed by atoms with Crippen molar-refractivity contribution in [3.8, 4) is 11.6 Å². The number of anilines is 1. The van der Waals surface area contributed by atoms with Crippen LogP contribution in [0.15, 0.2) is 79.3 Å². The number of nitrogens with one attached hydrogen (secondary N) is 1. The van der Waals surface area contributed by atoms with Gasteiger partial charge in [0.15, 0.2) is 6.61 Å². The van der Waals surface area contributed by atoms with Crippen molar-refractivity contribution >= 4 is 34.6 Å². The van der Waals surface area contributed by atoms with Crippen molar-refractivity contribution in [1.29, 1.82) is 0 Å². The minimum Gasteiger partial charge on any atom is -0.484 e. The summed E-state index contributed by atoms with van der Waals surface area (Å²) in [5.41, 5.74) is 8.28. The van der Waals surface area contributed by atoms with Crippen LogP contribution in [0.5, 0.6) is 5.75 Å². The Morgan fingerprint density at radius 3 is 2.58 bits per heavy atom. The Balaban J connectivity index is 1.37. The molecule has 0 aliphatic heterocycles. The monoisotopic (exact) mass is 413 g/mol. The van der Waals surface area contributed by atoms with Gasteiger partial charge in [0, 0.05) is 6.08 Å². The molecule has 8 nitrogen and oxygen atoms in total. The second-order valence-electron chi connectivity index (χ2n) is 6.65. The van der Waals surface area contributed by atoms with Gasteiger partial charge < -0.3 is 15.8 Å². The molecule has 4 rings (SSSR count). The van der Waals surface area contributed by atoms with Crippen molar-refractivity contribution in [3.63, 3.8) is 0 Å². The van der Waals surface area contributed by atoms with Gasteiger partial charge in [-0.1, -0.05) is 24.3 Å². The molecule has 0 radical (unpaired) electrons. The third-order valence-electron chi connectivity index (χ3n) is 4.40. The molecule has 0 bridgehead atoms. The van der Waals surface area contributed by atoms with Crippen LogP contribution in [0.2, 0.25) is 0 Å². The highest BCUT2D eigenvalue weighted by atomic mass is 16.5. The number of carbonyl (C=O) groups excluding carboxylic acids is 2. The number of nitrogens with zero attached hydrogens (tertiary/aromatic N) is 3. The van der Waals surface area contributed by atoms with Gasteiger partial charge in [-0.15, -0.1) is 0 Å². The van der Waals surface area contributed by atoms with E-state index in [9.17, 15) is 9.59 Å². The minimum absolute atomic E-state index is 0.179. The molecule has 0 aliphatic carbocycles. The van der Waals surface area contributed by atoms with Gasteiger partial charge in [0.05, 0.1) is 22.9 Å². The molecule has 2 heterocycles. The van der Waals surface area contributed by atoms with Gasteiger partial charge in [-0.05, 0) is 48.0 Å². The third-order valence-corrected chi connectivity index (χ3v) is 4.40. The minimum atomic E-state index is -0.540. The number of benzene rings is 2. The van der Waals surface area contributed by atoms with Crippen molar-refractivity contribution in [2.24, 2.45) is 5.73 Å². The number of primary amides is 1. The van der Waals surface area contributed by atoms with Crippen LogP contribution in [0.4, 0.5) is 5.69 Å². The second-order valence-corrected chi connectivity index (χ2v) is 6.65. The molecule has 0 aliphatic rings. The predicted molar refractivity (Wildman–Crippen MR) is 118 cm³/mol. The first-order chi connectivity index (χ1) is 15.1. The fourth-order valence-corrected chi connectivity index (χ4v) is 2.93. The first-order valence-electron chi connectivity index (χ1n) is 9.47. The molecule has 0 saturated heterocycles. The topological polar surface area (TPSA) is 112 Å². The normalized spacial score (nSPS) is 11.0. The zero-order valence-corrected chi connectivity index (χ0v) is 16.4. The Hall–Kier alpha value is -4.46. The second kappa shape index (κ2) is 8.91. The number of nitrogens with two attached hydrogens (primary N) is 1. The summed E-state index contributed by atoms with van der Waals surface area (Å²) in [6.45, 7) is -0.179.